The number of hydrogen-bond acceptors (Lipinski definition) is 7. The molecule has 8 heteroatoms. The fourth-order valence-electron chi connectivity index (χ4n) is 2.72. The minimum atomic E-state index is 0.485. The van der Waals surface area contributed by atoms with Crippen molar-refractivity contribution >= 4 is 11.0 Å². The van der Waals surface area contributed by atoms with E-state index in [2.05, 4.69) is 29.9 Å². The number of aromatic amines is 1. The number of benzene rings is 1. The molecule has 0 amide bonds. The van der Waals surface area contributed by atoms with Crippen molar-refractivity contribution in [2.24, 2.45) is 0 Å². The first-order valence-electron chi connectivity index (χ1n) is 7.93. The Hall–Kier alpha value is -3.55. The van der Waals surface area contributed by atoms with Crippen molar-refractivity contribution in [3.63, 3.8) is 0 Å². The lowest BCUT2D eigenvalue weighted by Gasteiger charge is -2.07. The molecule has 4 aromatic rings. The zero-order chi connectivity index (χ0) is 18.1. The molecular weight excluding hydrogens is 332 g/mol. The predicted molar refractivity (Wildman–Crippen MR) is 96.0 cm³/mol. The lowest BCUT2D eigenvalue weighted by molar-refractivity contribution is 0.397. The number of ether oxygens (including phenoxy) is 2. The molecule has 0 saturated carbocycles. The van der Waals surface area contributed by atoms with E-state index in [1.54, 1.807) is 38.7 Å². The molecule has 0 fully saturated rings. The first-order valence-corrected chi connectivity index (χ1v) is 7.93. The number of aryl methyl sites for hydroxylation is 1. The highest BCUT2D eigenvalue weighted by atomic mass is 16.5. The van der Waals surface area contributed by atoms with Gasteiger partial charge in [0.1, 0.15) is 5.82 Å². The Bertz CT molecular complexity index is 1090. The Morgan fingerprint density at radius 2 is 1.50 bits per heavy atom. The zero-order valence-corrected chi connectivity index (χ0v) is 14.5. The molecule has 1 aromatic carbocycles. The molecule has 8 nitrogen and oxygen atoms in total. The summed E-state index contributed by atoms with van der Waals surface area (Å²) in [6.07, 6.45) is 3.31. The second-order valence-electron chi connectivity index (χ2n) is 5.59. The third kappa shape index (κ3) is 2.81. The van der Waals surface area contributed by atoms with Gasteiger partial charge in [0.05, 0.1) is 25.3 Å². The van der Waals surface area contributed by atoms with Crippen molar-refractivity contribution in [1.29, 1.82) is 0 Å². The minimum absolute atomic E-state index is 0.485. The number of rotatable bonds is 4. The third-order valence-corrected chi connectivity index (χ3v) is 3.88. The molecule has 0 saturated heterocycles. The summed E-state index contributed by atoms with van der Waals surface area (Å²) in [5, 5.41) is 0. The zero-order valence-electron chi connectivity index (χ0n) is 14.5. The number of fused-ring (bicyclic) bond motifs is 1. The van der Waals surface area contributed by atoms with Crippen LogP contribution in [0.2, 0.25) is 0 Å². The highest BCUT2D eigenvalue weighted by molar-refractivity contribution is 5.93. The van der Waals surface area contributed by atoms with E-state index in [0.717, 1.165) is 28.0 Å². The molecule has 0 radical (unpaired) electrons. The van der Waals surface area contributed by atoms with Crippen LogP contribution in [0.15, 0.2) is 36.7 Å². The normalized spacial score (nSPS) is 10.9. The summed E-state index contributed by atoms with van der Waals surface area (Å²) in [6, 6.07) is 7.28. The molecule has 0 atom stereocenters. The second-order valence-corrected chi connectivity index (χ2v) is 5.59. The maximum Gasteiger partial charge on any atom is 0.216 e. The summed E-state index contributed by atoms with van der Waals surface area (Å²) in [5.41, 5.74) is 3.21. The SMILES string of the molecule is COc1ccnc(-c2cc(-c3nccc(OC)n3)c3nc(C)[nH]c3c2)n1. The van der Waals surface area contributed by atoms with Gasteiger partial charge in [-0.3, -0.25) is 0 Å². The van der Waals surface area contributed by atoms with Gasteiger partial charge in [-0.2, -0.15) is 9.97 Å². The van der Waals surface area contributed by atoms with E-state index in [-0.39, 0.29) is 0 Å². The van der Waals surface area contributed by atoms with Gasteiger partial charge >= 0.3 is 0 Å². The van der Waals surface area contributed by atoms with Crippen molar-refractivity contribution in [1.82, 2.24) is 29.9 Å². The number of hydrogen-bond donors (Lipinski definition) is 1. The standard InChI is InChI=1S/C18H16N6O2/c1-10-21-13-9-11(17-19-6-4-14(23-17)25-2)8-12(16(13)22-10)18-20-7-5-15(24-18)26-3/h4-9H,1-3H3,(H,21,22). The molecule has 130 valence electrons. The average Bonchev–Trinajstić information content (AvgIpc) is 3.07. The van der Waals surface area contributed by atoms with Gasteiger partial charge in [-0.15, -0.1) is 0 Å². The molecule has 0 aliphatic heterocycles. The van der Waals surface area contributed by atoms with Crippen LogP contribution in [0.3, 0.4) is 0 Å². The summed E-state index contributed by atoms with van der Waals surface area (Å²) in [7, 11) is 3.14. The molecular formula is C18H16N6O2. The maximum absolute atomic E-state index is 5.22. The summed E-state index contributed by atoms with van der Waals surface area (Å²) >= 11 is 0. The maximum atomic E-state index is 5.22. The van der Waals surface area contributed by atoms with Crippen molar-refractivity contribution < 1.29 is 9.47 Å². The highest BCUT2D eigenvalue weighted by Gasteiger charge is 2.15. The third-order valence-electron chi connectivity index (χ3n) is 3.88. The molecule has 1 N–H and O–H groups in total. The van der Waals surface area contributed by atoms with E-state index >= 15 is 0 Å². The average molecular weight is 348 g/mol. The van der Waals surface area contributed by atoms with Crippen molar-refractivity contribution in [3.05, 3.63) is 42.5 Å². The summed E-state index contributed by atoms with van der Waals surface area (Å²) in [5.74, 6) is 2.84. The summed E-state index contributed by atoms with van der Waals surface area (Å²) in [6.45, 7) is 1.90. The fourth-order valence-corrected chi connectivity index (χ4v) is 2.72. The van der Waals surface area contributed by atoms with Crippen LogP contribution in [0.5, 0.6) is 11.8 Å². The smallest absolute Gasteiger partial charge is 0.216 e. The van der Waals surface area contributed by atoms with Crippen LogP contribution in [-0.2, 0) is 0 Å². The first kappa shape index (κ1) is 15.9. The molecule has 26 heavy (non-hydrogen) atoms. The van der Waals surface area contributed by atoms with Gasteiger partial charge < -0.3 is 14.5 Å². The highest BCUT2D eigenvalue weighted by Crippen LogP contribution is 2.31. The number of H-pyrrole nitrogens is 1. The summed E-state index contributed by atoms with van der Waals surface area (Å²) in [4.78, 5) is 25.4. The molecule has 0 spiro atoms. The number of aromatic nitrogens is 6. The predicted octanol–water partition coefficient (Wildman–Crippen LogP) is 2.80. The van der Waals surface area contributed by atoms with Crippen molar-refractivity contribution in [2.45, 2.75) is 6.92 Å². The van der Waals surface area contributed by atoms with Gasteiger partial charge in [0.2, 0.25) is 11.8 Å². The van der Waals surface area contributed by atoms with Crippen LogP contribution < -0.4 is 9.47 Å². The number of nitrogens with zero attached hydrogens (tertiary/aromatic N) is 5. The van der Waals surface area contributed by atoms with Crippen molar-refractivity contribution in [3.8, 4) is 34.5 Å². The molecule has 0 bridgehead atoms. The molecule has 0 aliphatic carbocycles. The number of methoxy groups -OCH3 is 2. The Morgan fingerprint density at radius 1 is 0.846 bits per heavy atom. The lowest BCUT2D eigenvalue weighted by atomic mass is 10.1. The number of nitrogens with one attached hydrogen (secondary N) is 1. The van der Waals surface area contributed by atoms with Crippen LogP contribution in [0.4, 0.5) is 0 Å². The largest absolute Gasteiger partial charge is 0.481 e. The van der Waals surface area contributed by atoms with Gasteiger partial charge in [-0.05, 0) is 19.1 Å². The Kier molecular flexibility index (Phi) is 3.92. The van der Waals surface area contributed by atoms with E-state index in [9.17, 15) is 0 Å². The first-order chi connectivity index (χ1) is 12.7. The molecule has 3 heterocycles. The second kappa shape index (κ2) is 6.40. The molecule has 3 aromatic heterocycles. The van der Waals surface area contributed by atoms with Gasteiger partial charge in [0, 0.05) is 35.7 Å². The van der Waals surface area contributed by atoms with Gasteiger partial charge in [-0.1, -0.05) is 0 Å². The van der Waals surface area contributed by atoms with E-state index < -0.39 is 0 Å². The van der Waals surface area contributed by atoms with E-state index in [1.165, 1.54) is 0 Å². The van der Waals surface area contributed by atoms with Crippen molar-refractivity contribution in [2.75, 3.05) is 14.2 Å². The quantitative estimate of drug-likeness (QED) is 0.605. The van der Waals surface area contributed by atoms with E-state index in [0.29, 0.717) is 23.4 Å². The fraction of sp³-hybridized carbons (Fsp3) is 0.167. The van der Waals surface area contributed by atoms with Gasteiger partial charge in [-0.25, -0.2) is 15.0 Å². The van der Waals surface area contributed by atoms with Crippen LogP contribution in [0.25, 0.3) is 33.8 Å². The lowest BCUT2D eigenvalue weighted by Crippen LogP contribution is -1.96. The van der Waals surface area contributed by atoms with Gasteiger partial charge in [0.15, 0.2) is 11.6 Å². The number of imidazole rings is 1. The van der Waals surface area contributed by atoms with Crippen LogP contribution in [0, 0.1) is 6.92 Å². The monoisotopic (exact) mass is 348 g/mol. The van der Waals surface area contributed by atoms with Gasteiger partial charge in [0.25, 0.3) is 0 Å². The Morgan fingerprint density at radius 3 is 2.19 bits per heavy atom. The molecule has 4 rings (SSSR count). The summed E-state index contributed by atoms with van der Waals surface area (Å²) < 4.78 is 10.4. The van der Waals surface area contributed by atoms with E-state index in [4.69, 9.17) is 9.47 Å². The van der Waals surface area contributed by atoms with Crippen LogP contribution >= 0.6 is 0 Å². The topological polar surface area (TPSA) is 98.7 Å². The Labute approximate surface area is 149 Å². The minimum Gasteiger partial charge on any atom is -0.481 e. The van der Waals surface area contributed by atoms with Crippen LogP contribution in [0.1, 0.15) is 5.82 Å². The molecule has 0 aliphatic rings. The van der Waals surface area contributed by atoms with E-state index in [1.807, 2.05) is 19.1 Å². The Balaban J connectivity index is 1.96. The molecule has 0 unspecified atom stereocenters. The van der Waals surface area contributed by atoms with Crippen LogP contribution in [-0.4, -0.2) is 44.1 Å².